The van der Waals surface area contributed by atoms with Gasteiger partial charge in [-0.2, -0.15) is 0 Å². The molecule has 0 heterocycles. The Morgan fingerprint density at radius 1 is 0.955 bits per heavy atom. The SMILES string of the molecule is CC(=O)O[C@H]1C=Cc2ccc3ccccc3c2[C@@H]1OC(C)=O. The molecule has 0 radical (unpaired) electrons. The van der Waals surface area contributed by atoms with E-state index in [0.717, 1.165) is 21.9 Å². The molecule has 2 aromatic rings. The highest BCUT2D eigenvalue weighted by Gasteiger charge is 2.32. The van der Waals surface area contributed by atoms with Crippen LogP contribution in [0.1, 0.15) is 31.1 Å². The van der Waals surface area contributed by atoms with Crippen LogP contribution in [0.5, 0.6) is 0 Å². The Hall–Kier alpha value is -2.62. The lowest BCUT2D eigenvalue weighted by Crippen LogP contribution is -2.29. The van der Waals surface area contributed by atoms with Crippen LogP contribution in [-0.4, -0.2) is 18.0 Å². The molecule has 4 nitrogen and oxygen atoms in total. The molecule has 0 saturated carbocycles. The van der Waals surface area contributed by atoms with Crippen molar-refractivity contribution < 1.29 is 19.1 Å². The Bertz CT molecular complexity index is 776. The van der Waals surface area contributed by atoms with E-state index in [1.54, 1.807) is 6.08 Å². The largest absolute Gasteiger partial charge is 0.454 e. The summed E-state index contributed by atoms with van der Waals surface area (Å²) in [7, 11) is 0. The van der Waals surface area contributed by atoms with Gasteiger partial charge in [0.1, 0.15) is 0 Å². The van der Waals surface area contributed by atoms with Crippen molar-refractivity contribution in [1.29, 1.82) is 0 Å². The number of esters is 2. The number of carbonyl (C=O) groups is 2. The van der Waals surface area contributed by atoms with Crippen LogP contribution < -0.4 is 0 Å². The molecule has 1 aliphatic rings. The van der Waals surface area contributed by atoms with Crippen molar-refractivity contribution in [3.05, 3.63) is 53.6 Å². The van der Waals surface area contributed by atoms with Gasteiger partial charge >= 0.3 is 11.9 Å². The van der Waals surface area contributed by atoms with Crippen LogP contribution in [-0.2, 0) is 19.1 Å². The van der Waals surface area contributed by atoms with E-state index < -0.39 is 24.1 Å². The average molecular weight is 296 g/mol. The van der Waals surface area contributed by atoms with Crippen LogP contribution in [0.4, 0.5) is 0 Å². The van der Waals surface area contributed by atoms with Crippen LogP contribution in [0.2, 0.25) is 0 Å². The molecule has 0 bridgehead atoms. The first-order valence-electron chi connectivity index (χ1n) is 7.10. The van der Waals surface area contributed by atoms with E-state index in [9.17, 15) is 9.59 Å². The third-order valence-electron chi connectivity index (χ3n) is 3.65. The second-order valence-electron chi connectivity index (χ2n) is 5.25. The third-order valence-corrected chi connectivity index (χ3v) is 3.65. The van der Waals surface area contributed by atoms with E-state index in [1.165, 1.54) is 13.8 Å². The standard InChI is InChI=1S/C18H16O4/c1-11(19)21-16-10-9-14-8-7-13-5-3-4-6-15(13)17(14)18(16)22-12(2)20/h3-10,16,18H,1-2H3/t16-,18+/m0/s1. The Labute approximate surface area is 128 Å². The summed E-state index contributed by atoms with van der Waals surface area (Å²) in [6.45, 7) is 2.70. The van der Waals surface area contributed by atoms with Gasteiger partial charge in [0.25, 0.3) is 0 Å². The van der Waals surface area contributed by atoms with Crippen LogP contribution in [0, 0.1) is 0 Å². The average Bonchev–Trinajstić information content (AvgIpc) is 2.48. The van der Waals surface area contributed by atoms with Crippen LogP contribution in [0.3, 0.4) is 0 Å². The van der Waals surface area contributed by atoms with Gasteiger partial charge in [-0.15, -0.1) is 0 Å². The van der Waals surface area contributed by atoms with Crippen LogP contribution in [0.25, 0.3) is 16.8 Å². The van der Waals surface area contributed by atoms with E-state index in [2.05, 4.69) is 0 Å². The lowest BCUT2D eigenvalue weighted by Gasteiger charge is -2.29. The number of carbonyl (C=O) groups excluding carboxylic acids is 2. The number of hydrogen-bond donors (Lipinski definition) is 0. The van der Waals surface area contributed by atoms with Crippen LogP contribution >= 0.6 is 0 Å². The van der Waals surface area contributed by atoms with Crippen molar-refractivity contribution in [2.75, 3.05) is 0 Å². The van der Waals surface area contributed by atoms with Crippen molar-refractivity contribution in [3.63, 3.8) is 0 Å². The lowest BCUT2D eigenvalue weighted by atomic mass is 9.88. The molecule has 0 N–H and O–H groups in total. The van der Waals surface area contributed by atoms with E-state index in [0.29, 0.717) is 0 Å². The van der Waals surface area contributed by atoms with Crippen molar-refractivity contribution in [2.24, 2.45) is 0 Å². The molecule has 2 aromatic carbocycles. The first kappa shape index (κ1) is 14.3. The van der Waals surface area contributed by atoms with Gasteiger partial charge in [0.05, 0.1) is 0 Å². The zero-order valence-electron chi connectivity index (χ0n) is 12.4. The molecule has 0 aliphatic heterocycles. The summed E-state index contributed by atoms with van der Waals surface area (Å²) in [5.74, 6) is -0.813. The molecule has 0 aromatic heterocycles. The van der Waals surface area contributed by atoms with Crippen molar-refractivity contribution in [1.82, 2.24) is 0 Å². The van der Waals surface area contributed by atoms with Crippen molar-refractivity contribution in [2.45, 2.75) is 26.1 Å². The van der Waals surface area contributed by atoms with Gasteiger partial charge in [0.2, 0.25) is 0 Å². The van der Waals surface area contributed by atoms with Gasteiger partial charge in [-0.3, -0.25) is 9.59 Å². The number of ether oxygens (including phenoxy) is 2. The molecule has 2 atom stereocenters. The van der Waals surface area contributed by atoms with Crippen molar-refractivity contribution in [3.8, 4) is 0 Å². The van der Waals surface area contributed by atoms with E-state index in [4.69, 9.17) is 9.47 Å². The quantitative estimate of drug-likeness (QED) is 0.797. The highest BCUT2D eigenvalue weighted by atomic mass is 16.6. The topological polar surface area (TPSA) is 52.6 Å². The second kappa shape index (κ2) is 5.64. The molecule has 0 fully saturated rings. The fourth-order valence-corrected chi connectivity index (χ4v) is 2.84. The summed E-state index contributed by atoms with van der Waals surface area (Å²) in [5, 5.41) is 2.04. The molecule has 4 heteroatoms. The van der Waals surface area contributed by atoms with Gasteiger partial charge in [-0.25, -0.2) is 0 Å². The molecule has 0 saturated heterocycles. The minimum Gasteiger partial charge on any atom is -0.454 e. The maximum Gasteiger partial charge on any atom is 0.303 e. The summed E-state index contributed by atoms with van der Waals surface area (Å²) in [4.78, 5) is 22.8. The lowest BCUT2D eigenvalue weighted by molar-refractivity contribution is -0.162. The Morgan fingerprint density at radius 3 is 2.41 bits per heavy atom. The minimum atomic E-state index is -0.632. The molecule has 112 valence electrons. The predicted molar refractivity (Wildman–Crippen MR) is 83.0 cm³/mol. The Kier molecular flexibility index (Phi) is 3.67. The summed E-state index contributed by atoms with van der Waals surface area (Å²) in [6, 6.07) is 11.9. The van der Waals surface area contributed by atoms with E-state index in [-0.39, 0.29) is 0 Å². The molecule has 22 heavy (non-hydrogen) atoms. The number of benzene rings is 2. The summed E-state index contributed by atoms with van der Waals surface area (Å²) in [5.41, 5.74) is 1.84. The second-order valence-corrected chi connectivity index (χ2v) is 5.25. The Balaban J connectivity index is 2.17. The fraction of sp³-hybridized carbons (Fsp3) is 0.222. The van der Waals surface area contributed by atoms with Gasteiger partial charge in [0.15, 0.2) is 12.2 Å². The zero-order valence-corrected chi connectivity index (χ0v) is 12.4. The summed E-state index contributed by atoms with van der Waals surface area (Å²) >= 11 is 0. The predicted octanol–water partition coefficient (Wildman–Crippen LogP) is 3.40. The van der Waals surface area contributed by atoms with Gasteiger partial charge in [-0.05, 0) is 22.4 Å². The van der Waals surface area contributed by atoms with Gasteiger partial charge in [-0.1, -0.05) is 42.5 Å². The molecule has 0 amide bonds. The smallest absolute Gasteiger partial charge is 0.303 e. The monoisotopic (exact) mass is 296 g/mol. The molecular formula is C18H16O4. The Morgan fingerprint density at radius 2 is 1.68 bits per heavy atom. The highest BCUT2D eigenvalue weighted by Crippen LogP contribution is 2.37. The molecule has 0 unspecified atom stereocenters. The molecule has 0 spiro atoms. The van der Waals surface area contributed by atoms with Crippen LogP contribution in [0.15, 0.2) is 42.5 Å². The summed E-state index contributed by atoms with van der Waals surface area (Å²) < 4.78 is 10.8. The minimum absolute atomic E-state index is 0.406. The number of hydrogen-bond acceptors (Lipinski definition) is 4. The van der Waals surface area contributed by atoms with E-state index >= 15 is 0 Å². The number of rotatable bonds is 2. The van der Waals surface area contributed by atoms with Crippen molar-refractivity contribution >= 4 is 28.8 Å². The normalized spacial score (nSPS) is 19.5. The first-order chi connectivity index (χ1) is 10.6. The van der Waals surface area contributed by atoms with E-state index in [1.807, 2.05) is 42.5 Å². The first-order valence-corrected chi connectivity index (χ1v) is 7.10. The molecule has 3 rings (SSSR count). The number of fused-ring (bicyclic) bond motifs is 3. The fourth-order valence-electron chi connectivity index (χ4n) is 2.84. The third kappa shape index (κ3) is 2.60. The maximum absolute atomic E-state index is 11.5. The summed E-state index contributed by atoms with van der Waals surface area (Å²) in [6.07, 6.45) is 2.41. The van der Waals surface area contributed by atoms with Gasteiger partial charge < -0.3 is 9.47 Å². The zero-order chi connectivity index (χ0) is 15.7. The molecule has 1 aliphatic carbocycles. The highest BCUT2D eigenvalue weighted by molar-refractivity contribution is 5.90. The maximum atomic E-state index is 11.5. The van der Waals surface area contributed by atoms with Gasteiger partial charge in [0, 0.05) is 19.4 Å². The molecular weight excluding hydrogens is 280 g/mol.